The zero-order chi connectivity index (χ0) is 15.1. The number of carbonyl (C=O) groups is 1. The van der Waals surface area contributed by atoms with Gasteiger partial charge in [0, 0.05) is 12.6 Å². The van der Waals surface area contributed by atoms with Crippen LogP contribution in [0.3, 0.4) is 0 Å². The molecule has 1 saturated carbocycles. The second-order valence-corrected chi connectivity index (χ2v) is 5.68. The highest BCUT2D eigenvalue weighted by molar-refractivity contribution is 6.33. The van der Waals surface area contributed by atoms with Crippen LogP contribution in [0.15, 0.2) is 24.3 Å². The smallest absolute Gasteiger partial charge is 0.319 e. The number of rotatable bonds is 5. The number of urea groups is 1. The Bertz CT molecular complexity index is 462. The third-order valence-electron chi connectivity index (χ3n) is 3.58. The largest absolute Gasteiger partial charge is 0.376 e. The van der Waals surface area contributed by atoms with E-state index in [4.69, 9.17) is 22.1 Å². The van der Waals surface area contributed by atoms with Crippen molar-refractivity contribution in [3.05, 3.63) is 29.3 Å². The summed E-state index contributed by atoms with van der Waals surface area (Å²) in [5.74, 6) is 0. The van der Waals surface area contributed by atoms with Gasteiger partial charge in [0.1, 0.15) is 0 Å². The maximum atomic E-state index is 11.7. The predicted molar refractivity (Wildman–Crippen MR) is 84.7 cm³/mol. The van der Waals surface area contributed by atoms with Gasteiger partial charge >= 0.3 is 6.03 Å². The van der Waals surface area contributed by atoms with Crippen LogP contribution in [0.1, 0.15) is 25.7 Å². The Morgan fingerprint density at radius 2 is 2.00 bits per heavy atom. The van der Waals surface area contributed by atoms with Gasteiger partial charge in [-0.15, -0.1) is 0 Å². The number of ether oxygens (including phenoxy) is 1. The number of benzene rings is 1. The topological polar surface area (TPSA) is 76.4 Å². The summed E-state index contributed by atoms with van der Waals surface area (Å²) < 4.78 is 5.73. The minimum atomic E-state index is -0.280. The lowest BCUT2D eigenvalue weighted by atomic mass is 9.94. The minimum absolute atomic E-state index is 0.276. The van der Waals surface area contributed by atoms with E-state index in [2.05, 4.69) is 10.6 Å². The van der Waals surface area contributed by atoms with Crippen LogP contribution in [0, 0.1) is 0 Å². The SMILES string of the molecule is NC1CCC(OCCNC(=O)Nc2ccccc2Cl)CC1. The van der Waals surface area contributed by atoms with Crippen LogP contribution in [0.25, 0.3) is 0 Å². The highest BCUT2D eigenvalue weighted by Gasteiger charge is 2.18. The molecule has 0 bridgehead atoms. The van der Waals surface area contributed by atoms with E-state index in [-0.39, 0.29) is 12.1 Å². The lowest BCUT2D eigenvalue weighted by Crippen LogP contribution is -2.34. The summed E-state index contributed by atoms with van der Waals surface area (Å²) >= 11 is 5.97. The number of hydrogen-bond donors (Lipinski definition) is 3. The molecule has 0 unspecified atom stereocenters. The van der Waals surface area contributed by atoms with Gasteiger partial charge in [0.2, 0.25) is 0 Å². The number of hydrogen-bond acceptors (Lipinski definition) is 3. The first-order valence-electron chi connectivity index (χ1n) is 7.31. The Morgan fingerprint density at radius 1 is 1.29 bits per heavy atom. The summed E-state index contributed by atoms with van der Waals surface area (Å²) in [5, 5.41) is 5.96. The number of nitrogens with one attached hydrogen (secondary N) is 2. The molecular formula is C15H22ClN3O2. The van der Waals surface area contributed by atoms with E-state index in [9.17, 15) is 4.79 Å². The average Bonchev–Trinajstić information content (AvgIpc) is 2.48. The molecule has 0 heterocycles. The molecular weight excluding hydrogens is 290 g/mol. The fourth-order valence-electron chi connectivity index (χ4n) is 2.37. The van der Waals surface area contributed by atoms with Gasteiger partial charge in [0.25, 0.3) is 0 Å². The van der Waals surface area contributed by atoms with Crippen molar-refractivity contribution < 1.29 is 9.53 Å². The van der Waals surface area contributed by atoms with Crippen molar-refractivity contribution in [2.24, 2.45) is 5.73 Å². The maximum Gasteiger partial charge on any atom is 0.319 e. The predicted octanol–water partition coefficient (Wildman–Crippen LogP) is 2.75. The second-order valence-electron chi connectivity index (χ2n) is 5.27. The molecule has 1 aromatic carbocycles. The Kier molecular flexibility index (Phi) is 6.29. The van der Waals surface area contributed by atoms with Crippen molar-refractivity contribution in [2.75, 3.05) is 18.5 Å². The zero-order valence-corrected chi connectivity index (χ0v) is 12.7. The van der Waals surface area contributed by atoms with Crippen LogP contribution in [-0.4, -0.2) is 31.3 Å². The first-order chi connectivity index (χ1) is 10.1. The normalized spacial score (nSPS) is 21.8. The molecule has 5 nitrogen and oxygen atoms in total. The molecule has 0 saturated heterocycles. The van der Waals surface area contributed by atoms with Gasteiger partial charge in [-0.3, -0.25) is 0 Å². The molecule has 116 valence electrons. The van der Waals surface area contributed by atoms with E-state index >= 15 is 0 Å². The number of nitrogens with two attached hydrogens (primary N) is 1. The summed E-state index contributed by atoms with van der Waals surface area (Å²) in [6.45, 7) is 0.981. The lowest BCUT2D eigenvalue weighted by Gasteiger charge is -2.26. The van der Waals surface area contributed by atoms with E-state index in [1.165, 1.54) is 0 Å². The number of para-hydroxylation sites is 1. The van der Waals surface area contributed by atoms with Gasteiger partial charge in [-0.2, -0.15) is 0 Å². The molecule has 1 aromatic rings. The third kappa shape index (κ3) is 5.53. The number of anilines is 1. The summed E-state index contributed by atoms with van der Waals surface area (Å²) in [6, 6.07) is 7.16. The van der Waals surface area contributed by atoms with Gasteiger partial charge in [-0.05, 0) is 37.8 Å². The highest BCUT2D eigenvalue weighted by Crippen LogP contribution is 2.20. The van der Waals surface area contributed by atoms with E-state index in [0.717, 1.165) is 25.7 Å². The molecule has 0 radical (unpaired) electrons. The molecule has 21 heavy (non-hydrogen) atoms. The number of carbonyl (C=O) groups excluding carboxylic acids is 1. The van der Waals surface area contributed by atoms with Crippen molar-refractivity contribution in [3.63, 3.8) is 0 Å². The van der Waals surface area contributed by atoms with Crippen LogP contribution in [0.2, 0.25) is 5.02 Å². The lowest BCUT2D eigenvalue weighted by molar-refractivity contribution is 0.0280. The Morgan fingerprint density at radius 3 is 2.71 bits per heavy atom. The summed E-state index contributed by atoms with van der Waals surface area (Å²) in [4.78, 5) is 11.7. The Hall–Kier alpha value is -1.30. The summed E-state index contributed by atoms with van der Waals surface area (Å²) in [7, 11) is 0. The second kappa shape index (κ2) is 8.22. The Balaban J connectivity index is 1.60. The van der Waals surface area contributed by atoms with Crippen molar-refractivity contribution in [2.45, 2.75) is 37.8 Å². The van der Waals surface area contributed by atoms with Crippen molar-refractivity contribution in [1.29, 1.82) is 0 Å². The summed E-state index contributed by atoms with van der Waals surface area (Å²) in [5.41, 5.74) is 6.44. The molecule has 6 heteroatoms. The molecule has 1 fully saturated rings. The molecule has 0 aromatic heterocycles. The van der Waals surface area contributed by atoms with Crippen LogP contribution in [-0.2, 0) is 4.74 Å². The summed E-state index contributed by atoms with van der Waals surface area (Å²) in [6.07, 6.45) is 4.33. The van der Waals surface area contributed by atoms with E-state index in [1.807, 2.05) is 12.1 Å². The van der Waals surface area contributed by atoms with Gasteiger partial charge in [0.15, 0.2) is 0 Å². The minimum Gasteiger partial charge on any atom is -0.376 e. The first-order valence-corrected chi connectivity index (χ1v) is 7.69. The van der Waals surface area contributed by atoms with E-state index < -0.39 is 0 Å². The molecule has 4 N–H and O–H groups in total. The Labute approximate surface area is 130 Å². The highest BCUT2D eigenvalue weighted by atomic mass is 35.5. The van der Waals surface area contributed by atoms with Crippen molar-refractivity contribution in [3.8, 4) is 0 Å². The van der Waals surface area contributed by atoms with Gasteiger partial charge in [-0.1, -0.05) is 23.7 Å². The van der Waals surface area contributed by atoms with Gasteiger partial charge < -0.3 is 21.1 Å². The van der Waals surface area contributed by atoms with Crippen molar-refractivity contribution in [1.82, 2.24) is 5.32 Å². The molecule has 2 rings (SSSR count). The average molecular weight is 312 g/mol. The fourth-order valence-corrected chi connectivity index (χ4v) is 2.56. The van der Waals surface area contributed by atoms with Crippen LogP contribution >= 0.6 is 11.6 Å². The quantitative estimate of drug-likeness (QED) is 0.732. The van der Waals surface area contributed by atoms with Crippen molar-refractivity contribution >= 4 is 23.3 Å². The van der Waals surface area contributed by atoms with Gasteiger partial charge in [-0.25, -0.2) is 4.79 Å². The van der Waals surface area contributed by atoms with Crippen LogP contribution in [0.4, 0.5) is 10.5 Å². The number of halogens is 1. The fraction of sp³-hybridized carbons (Fsp3) is 0.533. The zero-order valence-electron chi connectivity index (χ0n) is 12.0. The maximum absolute atomic E-state index is 11.7. The number of amides is 2. The third-order valence-corrected chi connectivity index (χ3v) is 3.91. The molecule has 2 amide bonds. The molecule has 1 aliphatic carbocycles. The molecule has 0 aliphatic heterocycles. The van der Waals surface area contributed by atoms with Crippen LogP contribution in [0.5, 0.6) is 0 Å². The molecule has 0 spiro atoms. The standard InChI is InChI=1S/C15H22ClN3O2/c16-13-3-1-2-4-14(13)19-15(20)18-9-10-21-12-7-5-11(17)6-8-12/h1-4,11-12H,5-10,17H2,(H2,18,19,20). The van der Waals surface area contributed by atoms with E-state index in [0.29, 0.717) is 29.9 Å². The molecule has 0 atom stereocenters. The monoisotopic (exact) mass is 311 g/mol. The first kappa shape index (κ1) is 16.1. The van der Waals surface area contributed by atoms with E-state index in [1.54, 1.807) is 12.1 Å². The molecule has 1 aliphatic rings. The van der Waals surface area contributed by atoms with Gasteiger partial charge in [0.05, 0.1) is 23.4 Å². The van der Waals surface area contributed by atoms with Crippen LogP contribution < -0.4 is 16.4 Å².